The Morgan fingerprint density at radius 1 is 1.48 bits per heavy atom. The van der Waals surface area contributed by atoms with Gasteiger partial charge in [0.25, 0.3) is 5.91 Å². The van der Waals surface area contributed by atoms with Crippen LogP contribution >= 0.6 is 34.5 Å². The summed E-state index contributed by atoms with van der Waals surface area (Å²) in [4.78, 5) is 18.0. The predicted octanol–water partition coefficient (Wildman–Crippen LogP) is 3.57. The summed E-state index contributed by atoms with van der Waals surface area (Å²) < 4.78 is 0. The molecule has 0 saturated heterocycles. The normalized spacial score (nSPS) is 12.2. The Balaban J connectivity index is 2.27. The third kappa shape index (κ3) is 3.55. The van der Waals surface area contributed by atoms with Gasteiger partial charge in [0.05, 0.1) is 17.7 Å². The van der Waals surface area contributed by atoms with Gasteiger partial charge < -0.3 is 10.0 Å². The molecule has 2 rings (SSSR count). The number of nitrogens with zero attached hydrogens (tertiary/aromatic N) is 2. The molecule has 1 aromatic heterocycles. The summed E-state index contributed by atoms with van der Waals surface area (Å²) in [6.07, 6.45) is 0. The topological polar surface area (TPSA) is 53.4 Å². The average molecular weight is 345 g/mol. The van der Waals surface area contributed by atoms with Crippen LogP contribution in [0.2, 0.25) is 10.0 Å². The molecule has 1 unspecified atom stereocenters. The first kappa shape index (κ1) is 16.2. The molecule has 0 saturated carbocycles. The molecule has 112 valence electrons. The molecule has 0 radical (unpaired) electrons. The highest BCUT2D eigenvalue weighted by molar-refractivity contribution is 7.13. The summed E-state index contributed by atoms with van der Waals surface area (Å²) in [7, 11) is 1.64. The number of likely N-dealkylation sites (N-methyl/N-ethyl adjacent to an activating group) is 1. The van der Waals surface area contributed by atoms with Crippen LogP contribution in [-0.2, 0) is 0 Å². The zero-order valence-corrected chi connectivity index (χ0v) is 13.8. The minimum Gasteiger partial charge on any atom is -0.394 e. The number of hydrogen-bond donors (Lipinski definition) is 1. The second-order valence-corrected chi connectivity index (χ2v) is 6.31. The molecule has 0 aliphatic heterocycles. The smallest absolute Gasteiger partial charge is 0.273 e. The van der Waals surface area contributed by atoms with Crippen LogP contribution in [0.1, 0.15) is 17.4 Å². The third-order valence-corrected chi connectivity index (χ3v) is 4.55. The van der Waals surface area contributed by atoms with Gasteiger partial charge in [-0.15, -0.1) is 11.3 Å². The average Bonchev–Trinajstić information content (AvgIpc) is 2.94. The highest BCUT2D eigenvalue weighted by Gasteiger charge is 2.20. The monoisotopic (exact) mass is 344 g/mol. The Hall–Kier alpha value is -1.14. The Morgan fingerprint density at radius 2 is 2.19 bits per heavy atom. The van der Waals surface area contributed by atoms with Crippen LogP contribution in [0, 0.1) is 0 Å². The minimum atomic E-state index is -0.262. The lowest BCUT2D eigenvalue weighted by Gasteiger charge is -2.21. The zero-order valence-electron chi connectivity index (χ0n) is 11.5. The second kappa shape index (κ2) is 6.75. The lowest BCUT2D eigenvalue weighted by Crippen LogP contribution is -2.37. The van der Waals surface area contributed by atoms with Crippen LogP contribution in [0.5, 0.6) is 0 Å². The molecule has 0 fully saturated rings. The third-order valence-electron chi connectivity index (χ3n) is 3.13. The van der Waals surface area contributed by atoms with Crippen LogP contribution in [-0.4, -0.2) is 40.6 Å². The Kier molecular flexibility index (Phi) is 5.22. The molecule has 1 heterocycles. The number of hydrogen-bond acceptors (Lipinski definition) is 4. The number of carbonyl (C=O) groups excluding carboxylic acids is 1. The quantitative estimate of drug-likeness (QED) is 0.922. The number of aliphatic hydroxyl groups is 1. The number of benzene rings is 1. The van der Waals surface area contributed by atoms with Gasteiger partial charge in [-0.1, -0.05) is 23.2 Å². The van der Waals surface area contributed by atoms with Gasteiger partial charge in [-0.05, 0) is 25.1 Å². The van der Waals surface area contributed by atoms with Crippen LogP contribution in [0.15, 0.2) is 23.6 Å². The number of aliphatic hydroxyl groups excluding tert-OH is 1. The van der Waals surface area contributed by atoms with E-state index in [-0.39, 0.29) is 18.6 Å². The first-order chi connectivity index (χ1) is 9.93. The van der Waals surface area contributed by atoms with E-state index >= 15 is 0 Å². The van der Waals surface area contributed by atoms with E-state index in [1.165, 1.54) is 16.2 Å². The van der Waals surface area contributed by atoms with Crippen LogP contribution in [0.25, 0.3) is 10.6 Å². The van der Waals surface area contributed by atoms with Crippen LogP contribution in [0.4, 0.5) is 0 Å². The molecule has 1 N–H and O–H groups in total. The summed E-state index contributed by atoms with van der Waals surface area (Å²) in [6.45, 7) is 1.67. The van der Waals surface area contributed by atoms with E-state index in [0.717, 1.165) is 5.56 Å². The van der Waals surface area contributed by atoms with E-state index in [4.69, 9.17) is 28.3 Å². The van der Waals surface area contributed by atoms with E-state index in [1.807, 2.05) is 0 Å². The van der Waals surface area contributed by atoms with Gasteiger partial charge in [-0.2, -0.15) is 0 Å². The van der Waals surface area contributed by atoms with Crippen molar-refractivity contribution in [2.75, 3.05) is 13.7 Å². The molecule has 1 aromatic carbocycles. The molecular formula is C14H14Cl2N2O2S. The first-order valence-electron chi connectivity index (χ1n) is 6.23. The maximum absolute atomic E-state index is 12.2. The molecule has 7 heteroatoms. The van der Waals surface area contributed by atoms with Gasteiger partial charge in [0.2, 0.25) is 0 Å². The van der Waals surface area contributed by atoms with Crippen molar-refractivity contribution < 1.29 is 9.90 Å². The molecule has 1 amide bonds. The maximum atomic E-state index is 12.2. The van der Waals surface area contributed by atoms with Gasteiger partial charge in [-0.25, -0.2) is 4.98 Å². The standard InChI is InChI=1S/C14H14Cl2N2O2S/c1-8(6-19)18(2)14(20)12-7-21-13(17-12)10-4-3-9(15)5-11(10)16/h3-5,7-8,19H,6H2,1-2H3. The molecule has 21 heavy (non-hydrogen) atoms. The van der Waals surface area contributed by atoms with E-state index in [2.05, 4.69) is 4.98 Å². The van der Waals surface area contributed by atoms with Crippen molar-refractivity contribution in [3.63, 3.8) is 0 Å². The maximum Gasteiger partial charge on any atom is 0.273 e. The highest BCUT2D eigenvalue weighted by Crippen LogP contribution is 2.32. The second-order valence-electron chi connectivity index (χ2n) is 4.61. The van der Waals surface area contributed by atoms with Crippen molar-refractivity contribution in [2.24, 2.45) is 0 Å². The predicted molar refractivity (Wildman–Crippen MR) is 86.2 cm³/mol. The van der Waals surface area contributed by atoms with Crippen molar-refractivity contribution in [3.8, 4) is 10.6 Å². The van der Waals surface area contributed by atoms with Crippen LogP contribution < -0.4 is 0 Å². The SMILES string of the molecule is CC(CO)N(C)C(=O)c1csc(-c2ccc(Cl)cc2Cl)n1. The van der Waals surface area contributed by atoms with E-state index in [1.54, 1.807) is 37.6 Å². The summed E-state index contributed by atoms with van der Waals surface area (Å²) in [5, 5.41) is 12.5. The highest BCUT2D eigenvalue weighted by atomic mass is 35.5. The Bertz CT molecular complexity index is 660. The van der Waals surface area contributed by atoms with Crippen molar-refractivity contribution in [2.45, 2.75) is 13.0 Å². The first-order valence-corrected chi connectivity index (χ1v) is 7.86. The van der Waals surface area contributed by atoms with Gasteiger partial charge in [-0.3, -0.25) is 4.79 Å². The molecule has 1 atom stereocenters. The van der Waals surface area contributed by atoms with Crippen molar-refractivity contribution >= 4 is 40.4 Å². The number of amides is 1. The van der Waals surface area contributed by atoms with Gasteiger partial charge >= 0.3 is 0 Å². The fourth-order valence-electron chi connectivity index (χ4n) is 1.66. The van der Waals surface area contributed by atoms with E-state index < -0.39 is 0 Å². The summed E-state index contributed by atoms with van der Waals surface area (Å²) in [6, 6.07) is 4.88. The summed E-state index contributed by atoms with van der Waals surface area (Å²) in [5.41, 5.74) is 1.08. The van der Waals surface area contributed by atoms with Gasteiger partial charge in [0.1, 0.15) is 10.7 Å². The van der Waals surface area contributed by atoms with E-state index in [9.17, 15) is 4.79 Å². The number of halogens is 2. The lowest BCUT2D eigenvalue weighted by atomic mass is 10.2. The van der Waals surface area contributed by atoms with E-state index in [0.29, 0.717) is 20.7 Å². The molecule has 0 spiro atoms. The van der Waals surface area contributed by atoms with Crippen molar-refractivity contribution in [1.82, 2.24) is 9.88 Å². The fourth-order valence-corrected chi connectivity index (χ4v) is 3.05. The molecule has 0 aliphatic carbocycles. The number of rotatable bonds is 4. The largest absolute Gasteiger partial charge is 0.394 e. The van der Waals surface area contributed by atoms with Crippen molar-refractivity contribution in [3.05, 3.63) is 39.3 Å². The Morgan fingerprint density at radius 3 is 2.81 bits per heavy atom. The molecular weight excluding hydrogens is 331 g/mol. The molecule has 2 aromatic rings. The number of thiazole rings is 1. The zero-order chi connectivity index (χ0) is 15.6. The molecule has 0 bridgehead atoms. The minimum absolute atomic E-state index is 0.0950. The summed E-state index contributed by atoms with van der Waals surface area (Å²) >= 11 is 13.3. The van der Waals surface area contributed by atoms with Crippen molar-refractivity contribution in [1.29, 1.82) is 0 Å². The fraction of sp³-hybridized carbons (Fsp3) is 0.286. The van der Waals surface area contributed by atoms with Crippen LogP contribution in [0.3, 0.4) is 0 Å². The molecule has 0 aliphatic rings. The Labute approximate surface area is 136 Å². The lowest BCUT2D eigenvalue weighted by molar-refractivity contribution is 0.0677. The number of carbonyl (C=O) groups is 1. The summed E-state index contributed by atoms with van der Waals surface area (Å²) in [5.74, 6) is -0.232. The molecule has 4 nitrogen and oxygen atoms in total. The van der Waals surface area contributed by atoms with Gasteiger partial charge in [0.15, 0.2) is 0 Å². The number of aromatic nitrogens is 1. The van der Waals surface area contributed by atoms with Gasteiger partial charge in [0, 0.05) is 23.0 Å².